The summed E-state index contributed by atoms with van der Waals surface area (Å²) >= 11 is 5.37. The van der Waals surface area contributed by atoms with Crippen LogP contribution in [0.1, 0.15) is 18.4 Å². The summed E-state index contributed by atoms with van der Waals surface area (Å²) in [6, 6.07) is 4.98. The summed E-state index contributed by atoms with van der Waals surface area (Å²) in [6.07, 6.45) is 0.139. The lowest BCUT2D eigenvalue weighted by atomic mass is 10.2. The van der Waals surface area contributed by atoms with Crippen molar-refractivity contribution in [3.05, 3.63) is 29.8 Å². The van der Waals surface area contributed by atoms with Crippen molar-refractivity contribution < 1.29 is 18.0 Å². The van der Waals surface area contributed by atoms with Crippen LogP contribution in [0.15, 0.2) is 29.2 Å². The molecule has 1 amide bonds. The number of carbonyl (C=O) groups excluding carboxylic acids is 2. The molecule has 0 bridgehead atoms. The quantitative estimate of drug-likeness (QED) is 0.792. The molecule has 7 heteroatoms. The minimum absolute atomic E-state index is 0.00815. The number of halogens is 1. The van der Waals surface area contributed by atoms with Gasteiger partial charge in [-0.3, -0.25) is 9.59 Å². The van der Waals surface area contributed by atoms with Crippen LogP contribution in [-0.4, -0.2) is 29.9 Å². The lowest BCUT2D eigenvalue weighted by molar-refractivity contribution is -0.127. The van der Waals surface area contributed by atoms with Crippen molar-refractivity contribution in [2.75, 3.05) is 0 Å². The van der Waals surface area contributed by atoms with Gasteiger partial charge in [0.25, 0.3) is 10.0 Å². The molecule has 0 saturated carbocycles. The van der Waals surface area contributed by atoms with Gasteiger partial charge in [-0.15, -0.1) is 0 Å². The zero-order valence-corrected chi connectivity index (χ0v) is 11.7. The number of aryl methyl sites for hydroxylation is 1. The van der Waals surface area contributed by atoms with Crippen LogP contribution in [0.3, 0.4) is 0 Å². The first-order valence-corrected chi connectivity index (χ1v) is 7.49. The van der Waals surface area contributed by atoms with Crippen LogP contribution in [0, 0.1) is 6.92 Å². The topological polar surface area (TPSA) is 71.5 Å². The third-order valence-electron chi connectivity index (χ3n) is 3.00. The first-order chi connectivity index (χ1) is 8.84. The van der Waals surface area contributed by atoms with E-state index in [1.54, 1.807) is 12.1 Å². The summed E-state index contributed by atoms with van der Waals surface area (Å²) in [4.78, 5) is 22.9. The third kappa shape index (κ3) is 2.50. The molecule has 0 N–H and O–H groups in total. The number of carbonyl (C=O) groups is 2. The van der Waals surface area contributed by atoms with Crippen LogP contribution in [0.2, 0.25) is 0 Å². The predicted molar refractivity (Wildman–Crippen MR) is 69.1 cm³/mol. The first-order valence-electron chi connectivity index (χ1n) is 5.67. The molecule has 19 heavy (non-hydrogen) atoms. The fourth-order valence-electron chi connectivity index (χ4n) is 1.99. The molecule has 1 aromatic carbocycles. The van der Waals surface area contributed by atoms with Crippen molar-refractivity contribution in [1.29, 1.82) is 0 Å². The fourth-order valence-corrected chi connectivity index (χ4v) is 3.86. The van der Waals surface area contributed by atoms with E-state index in [0.717, 1.165) is 5.56 Å². The Balaban J connectivity index is 2.46. The van der Waals surface area contributed by atoms with Crippen molar-refractivity contribution >= 4 is 32.8 Å². The van der Waals surface area contributed by atoms with E-state index in [2.05, 4.69) is 0 Å². The fraction of sp³-hybridized carbons (Fsp3) is 0.333. The average Bonchev–Trinajstić information content (AvgIpc) is 2.72. The van der Waals surface area contributed by atoms with E-state index in [4.69, 9.17) is 11.6 Å². The van der Waals surface area contributed by atoms with Gasteiger partial charge in [-0.2, -0.15) is 0 Å². The molecule has 102 valence electrons. The van der Waals surface area contributed by atoms with Crippen molar-refractivity contribution in [2.24, 2.45) is 0 Å². The Morgan fingerprint density at radius 1 is 1.32 bits per heavy atom. The molecule has 1 heterocycles. The molecule has 1 atom stereocenters. The zero-order chi connectivity index (χ0) is 14.2. The summed E-state index contributed by atoms with van der Waals surface area (Å²) in [7, 11) is -4.02. The Labute approximate surface area is 116 Å². The minimum Gasteiger partial charge on any atom is -0.279 e. The van der Waals surface area contributed by atoms with Gasteiger partial charge >= 0.3 is 0 Å². The smallest absolute Gasteiger partial charge is 0.267 e. The summed E-state index contributed by atoms with van der Waals surface area (Å²) in [5, 5.41) is -0.832. The number of rotatable bonds is 3. The molecular formula is C12H12ClNO4S. The van der Waals surface area contributed by atoms with Gasteiger partial charge in [0.05, 0.1) is 4.90 Å². The molecule has 1 aliphatic heterocycles. The monoisotopic (exact) mass is 301 g/mol. The number of nitrogens with zero attached hydrogens (tertiary/aromatic N) is 1. The predicted octanol–water partition coefficient (Wildman–Crippen LogP) is 1.44. The van der Waals surface area contributed by atoms with Gasteiger partial charge < -0.3 is 0 Å². The van der Waals surface area contributed by atoms with E-state index < -0.39 is 27.2 Å². The molecule has 2 rings (SSSR count). The summed E-state index contributed by atoms with van der Waals surface area (Å²) in [6.45, 7) is 1.82. The molecule has 1 aliphatic rings. The Kier molecular flexibility index (Phi) is 3.64. The second-order valence-electron chi connectivity index (χ2n) is 4.37. The number of hydrogen-bond donors (Lipinski definition) is 0. The van der Waals surface area contributed by atoms with E-state index in [0.29, 0.717) is 4.31 Å². The summed E-state index contributed by atoms with van der Waals surface area (Å²) in [5.41, 5.74) is 0.900. The second kappa shape index (κ2) is 4.94. The molecule has 0 radical (unpaired) electrons. The lowest BCUT2D eigenvalue weighted by Crippen LogP contribution is -2.41. The Bertz CT molecular complexity index is 624. The zero-order valence-electron chi connectivity index (χ0n) is 10.2. The number of sulfonamides is 1. The van der Waals surface area contributed by atoms with Crippen LogP contribution in [0.5, 0.6) is 0 Å². The Morgan fingerprint density at radius 2 is 1.89 bits per heavy atom. The molecular weight excluding hydrogens is 290 g/mol. The lowest BCUT2D eigenvalue weighted by Gasteiger charge is -2.21. The standard InChI is InChI=1S/C12H12ClNO4S/c1-8-2-4-9(5-3-8)19(17,18)14-10(12(13)16)6-7-11(14)15/h2-5,10H,6-7H2,1H3/t10-/m0/s1. The molecule has 1 fully saturated rings. The van der Waals surface area contributed by atoms with E-state index >= 15 is 0 Å². The van der Waals surface area contributed by atoms with Gasteiger partial charge in [-0.05, 0) is 37.1 Å². The van der Waals surface area contributed by atoms with E-state index in [1.807, 2.05) is 6.92 Å². The van der Waals surface area contributed by atoms with Crippen LogP contribution in [0.25, 0.3) is 0 Å². The largest absolute Gasteiger partial charge is 0.279 e. The van der Waals surface area contributed by atoms with Gasteiger partial charge in [0.15, 0.2) is 0 Å². The van der Waals surface area contributed by atoms with E-state index in [-0.39, 0.29) is 17.7 Å². The molecule has 0 aromatic heterocycles. The van der Waals surface area contributed by atoms with Gasteiger partial charge in [0, 0.05) is 6.42 Å². The van der Waals surface area contributed by atoms with E-state index in [1.165, 1.54) is 12.1 Å². The van der Waals surface area contributed by atoms with Gasteiger partial charge in [0.2, 0.25) is 11.1 Å². The maximum atomic E-state index is 12.4. The molecule has 0 spiro atoms. The van der Waals surface area contributed by atoms with E-state index in [9.17, 15) is 18.0 Å². The van der Waals surface area contributed by atoms with Crippen LogP contribution in [0.4, 0.5) is 0 Å². The highest BCUT2D eigenvalue weighted by molar-refractivity contribution is 7.89. The first kappa shape index (κ1) is 14.0. The molecule has 1 saturated heterocycles. The highest BCUT2D eigenvalue weighted by atomic mass is 35.5. The number of benzene rings is 1. The number of hydrogen-bond acceptors (Lipinski definition) is 4. The molecule has 1 aromatic rings. The van der Waals surface area contributed by atoms with Crippen molar-refractivity contribution in [2.45, 2.75) is 30.7 Å². The normalized spacial score (nSPS) is 19.8. The maximum Gasteiger partial charge on any atom is 0.267 e. The third-order valence-corrected chi connectivity index (χ3v) is 5.10. The van der Waals surface area contributed by atoms with Crippen molar-refractivity contribution in [3.63, 3.8) is 0 Å². The van der Waals surface area contributed by atoms with Crippen molar-refractivity contribution in [1.82, 2.24) is 4.31 Å². The number of amides is 1. The summed E-state index contributed by atoms with van der Waals surface area (Å²) < 4.78 is 25.3. The Hall–Kier alpha value is -1.40. The maximum absolute atomic E-state index is 12.4. The van der Waals surface area contributed by atoms with Crippen LogP contribution < -0.4 is 0 Å². The van der Waals surface area contributed by atoms with Crippen molar-refractivity contribution in [3.8, 4) is 0 Å². The highest BCUT2D eigenvalue weighted by Gasteiger charge is 2.43. The van der Waals surface area contributed by atoms with Gasteiger partial charge in [-0.1, -0.05) is 17.7 Å². The SMILES string of the molecule is Cc1ccc(S(=O)(=O)N2C(=O)CC[C@H]2C(=O)Cl)cc1. The van der Waals surface area contributed by atoms with Gasteiger partial charge in [-0.25, -0.2) is 12.7 Å². The van der Waals surface area contributed by atoms with Crippen LogP contribution >= 0.6 is 11.6 Å². The average molecular weight is 302 g/mol. The molecule has 0 unspecified atom stereocenters. The second-order valence-corrected chi connectivity index (χ2v) is 6.55. The molecule has 5 nitrogen and oxygen atoms in total. The summed E-state index contributed by atoms with van der Waals surface area (Å²) in [5.74, 6) is -0.598. The van der Waals surface area contributed by atoms with Crippen LogP contribution in [-0.2, 0) is 19.6 Å². The van der Waals surface area contributed by atoms with Gasteiger partial charge in [0.1, 0.15) is 6.04 Å². The highest BCUT2D eigenvalue weighted by Crippen LogP contribution is 2.28. The molecule has 0 aliphatic carbocycles. The Morgan fingerprint density at radius 3 is 2.42 bits per heavy atom. The minimum atomic E-state index is -4.02.